The fraction of sp³-hybridized carbons (Fsp3) is 0.538. The van der Waals surface area contributed by atoms with Gasteiger partial charge >= 0.3 is 0 Å². The third-order valence-corrected chi connectivity index (χ3v) is 5.72. The van der Waals surface area contributed by atoms with E-state index in [0.717, 1.165) is 24.2 Å². The molecule has 0 aliphatic rings. The molecule has 2 aromatic rings. The molecule has 0 amide bonds. The van der Waals surface area contributed by atoms with Gasteiger partial charge in [-0.25, -0.2) is 0 Å². The molecule has 0 spiro atoms. The molecule has 0 bridgehead atoms. The van der Waals surface area contributed by atoms with Crippen molar-refractivity contribution >= 4 is 0 Å². The smallest absolute Gasteiger partial charge is 0.0814 e. The summed E-state index contributed by atoms with van der Waals surface area (Å²) in [6.07, 6.45) is -0.710. The zero-order valence-corrected chi connectivity index (χ0v) is 19.3. The molecule has 6 N–H and O–H groups in total. The second-order valence-corrected chi connectivity index (χ2v) is 8.81. The maximum Gasteiger partial charge on any atom is 0.0814 e. The molecule has 0 fully saturated rings. The van der Waals surface area contributed by atoms with Crippen LogP contribution in [-0.2, 0) is 0 Å². The predicted molar refractivity (Wildman–Crippen MR) is 128 cm³/mol. The maximum absolute atomic E-state index is 10.3. The van der Waals surface area contributed by atoms with Crippen LogP contribution in [0.1, 0.15) is 62.9 Å². The standard InChI is InChI=1S/C26H40N2O4/c1-19(15-23(29)17-25(31)21-9-5-3-6-10-21)27-13-14-28-20(2)16-24(30)18-26(32)22-11-7-4-8-12-22/h3-12,19-20,23-32H,13-18H2,1-2H3. The Morgan fingerprint density at radius 2 is 0.906 bits per heavy atom. The van der Waals surface area contributed by atoms with Crippen LogP contribution in [-0.4, -0.2) is 57.8 Å². The zero-order chi connectivity index (χ0) is 23.3. The van der Waals surface area contributed by atoms with Crippen LogP contribution in [0.15, 0.2) is 60.7 Å². The molecular weight excluding hydrogens is 404 g/mol. The molecule has 0 heterocycles. The van der Waals surface area contributed by atoms with Crippen LogP contribution < -0.4 is 10.6 Å². The molecular formula is C26H40N2O4. The highest BCUT2D eigenvalue weighted by molar-refractivity contribution is 5.18. The Labute approximate surface area is 192 Å². The van der Waals surface area contributed by atoms with E-state index in [9.17, 15) is 20.4 Å². The second kappa shape index (κ2) is 14.4. The van der Waals surface area contributed by atoms with E-state index >= 15 is 0 Å². The lowest BCUT2D eigenvalue weighted by Crippen LogP contribution is -2.39. The van der Waals surface area contributed by atoms with Crippen molar-refractivity contribution in [3.8, 4) is 0 Å². The molecule has 32 heavy (non-hydrogen) atoms. The van der Waals surface area contributed by atoms with Gasteiger partial charge in [-0.2, -0.15) is 0 Å². The number of hydrogen-bond donors (Lipinski definition) is 6. The summed E-state index contributed by atoms with van der Waals surface area (Å²) in [6.45, 7) is 5.52. The van der Waals surface area contributed by atoms with Crippen LogP contribution in [0.3, 0.4) is 0 Å². The summed E-state index contributed by atoms with van der Waals surface area (Å²) in [5.41, 5.74) is 1.65. The lowest BCUT2D eigenvalue weighted by atomic mass is 9.99. The van der Waals surface area contributed by atoms with Crippen molar-refractivity contribution < 1.29 is 20.4 Å². The van der Waals surface area contributed by atoms with Crippen LogP contribution in [0.2, 0.25) is 0 Å². The highest BCUT2D eigenvalue weighted by Crippen LogP contribution is 2.20. The van der Waals surface area contributed by atoms with Crippen molar-refractivity contribution in [2.24, 2.45) is 0 Å². The first-order valence-electron chi connectivity index (χ1n) is 11.6. The monoisotopic (exact) mass is 444 g/mol. The summed E-state index contributed by atoms with van der Waals surface area (Å²) in [4.78, 5) is 0. The molecule has 178 valence electrons. The Balaban J connectivity index is 1.56. The van der Waals surface area contributed by atoms with Crippen molar-refractivity contribution in [2.45, 2.75) is 76.0 Å². The van der Waals surface area contributed by atoms with E-state index < -0.39 is 24.4 Å². The van der Waals surface area contributed by atoms with Crippen molar-refractivity contribution in [3.63, 3.8) is 0 Å². The minimum Gasteiger partial charge on any atom is -0.393 e. The quantitative estimate of drug-likeness (QED) is 0.236. The molecule has 6 atom stereocenters. The largest absolute Gasteiger partial charge is 0.393 e. The van der Waals surface area contributed by atoms with E-state index in [0.29, 0.717) is 25.7 Å². The van der Waals surface area contributed by atoms with Gasteiger partial charge in [0.25, 0.3) is 0 Å². The zero-order valence-electron chi connectivity index (χ0n) is 19.3. The summed E-state index contributed by atoms with van der Waals surface area (Å²) >= 11 is 0. The minimum atomic E-state index is -0.659. The van der Waals surface area contributed by atoms with E-state index in [1.54, 1.807) is 0 Å². The van der Waals surface area contributed by atoms with E-state index in [2.05, 4.69) is 10.6 Å². The van der Waals surface area contributed by atoms with Crippen molar-refractivity contribution in [3.05, 3.63) is 71.8 Å². The maximum atomic E-state index is 10.3. The minimum absolute atomic E-state index is 0.122. The van der Waals surface area contributed by atoms with Gasteiger partial charge in [0.15, 0.2) is 0 Å². The second-order valence-electron chi connectivity index (χ2n) is 8.81. The predicted octanol–water partition coefficient (Wildman–Crippen LogP) is 2.69. The molecule has 6 heteroatoms. The molecule has 6 unspecified atom stereocenters. The van der Waals surface area contributed by atoms with Gasteiger partial charge in [0, 0.05) is 38.0 Å². The number of nitrogens with one attached hydrogen (secondary N) is 2. The van der Waals surface area contributed by atoms with Crippen molar-refractivity contribution in [2.75, 3.05) is 13.1 Å². The third-order valence-electron chi connectivity index (χ3n) is 5.72. The molecule has 0 saturated heterocycles. The van der Waals surface area contributed by atoms with Crippen LogP contribution in [0.5, 0.6) is 0 Å². The molecule has 6 nitrogen and oxygen atoms in total. The number of benzene rings is 2. The van der Waals surface area contributed by atoms with Gasteiger partial charge in [-0.05, 0) is 37.8 Å². The van der Waals surface area contributed by atoms with Gasteiger partial charge in [-0.15, -0.1) is 0 Å². The Morgan fingerprint density at radius 1 is 0.562 bits per heavy atom. The number of rotatable bonds is 15. The molecule has 0 radical (unpaired) electrons. The highest BCUT2D eigenvalue weighted by atomic mass is 16.3. The summed E-state index contributed by atoms with van der Waals surface area (Å²) in [6, 6.07) is 19.0. The highest BCUT2D eigenvalue weighted by Gasteiger charge is 2.17. The first kappa shape index (κ1) is 26.5. The van der Waals surface area contributed by atoms with Crippen LogP contribution >= 0.6 is 0 Å². The average molecular weight is 445 g/mol. The Morgan fingerprint density at radius 3 is 1.25 bits per heavy atom. The van der Waals surface area contributed by atoms with Crippen molar-refractivity contribution in [1.82, 2.24) is 10.6 Å². The van der Waals surface area contributed by atoms with Crippen LogP contribution in [0.4, 0.5) is 0 Å². The average Bonchev–Trinajstić information content (AvgIpc) is 2.77. The Bertz CT molecular complexity index is 668. The fourth-order valence-corrected chi connectivity index (χ4v) is 3.95. The Hall–Kier alpha value is -1.80. The molecule has 0 aromatic heterocycles. The number of aliphatic hydroxyl groups is 4. The summed E-state index contributed by atoms with van der Waals surface area (Å²) in [5, 5.41) is 47.8. The molecule has 2 rings (SSSR count). The van der Waals surface area contributed by atoms with Gasteiger partial charge in [0.05, 0.1) is 24.4 Å². The Kier molecular flexibility index (Phi) is 11.9. The first-order chi connectivity index (χ1) is 15.3. The van der Waals surface area contributed by atoms with Crippen LogP contribution in [0, 0.1) is 0 Å². The van der Waals surface area contributed by atoms with E-state index in [1.807, 2.05) is 74.5 Å². The lowest BCUT2D eigenvalue weighted by Gasteiger charge is -2.22. The summed E-state index contributed by atoms with van der Waals surface area (Å²) in [5.74, 6) is 0. The molecule has 0 saturated carbocycles. The van der Waals surface area contributed by atoms with Gasteiger partial charge in [0.1, 0.15) is 0 Å². The molecule has 2 aromatic carbocycles. The lowest BCUT2D eigenvalue weighted by molar-refractivity contribution is 0.0684. The topological polar surface area (TPSA) is 105 Å². The number of aliphatic hydroxyl groups excluding tert-OH is 4. The summed E-state index contributed by atoms with van der Waals surface area (Å²) < 4.78 is 0. The number of hydrogen-bond acceptors (Lipinski definition) is 6. The first-order valence-corrected chi connectivity index (χ1v) is 11.6. The van der Waals surface area contributed by atoms with E-state index in [1.165, 1.54) is 0 Å². The van der Waals surface area contributed by atoms with Gasteiger partial charge in [0.2, 0.25) is 0 Å². The fourth-order valence-electron chi connectivity index (χ4n) is 3.95. The molecule has 0 aliphatic carbocycles. The molecule has 0 aliphatic heterocycles. The van der Waals surface area contributed by atoms with Gasteiger partial charge < -0.3 is 31.1 Å². The van der Waals surface area contributed by atoms with Crippen LogP contribution in [0.25, 0.3) is 0 Å². The van der Waals surface area contributed by atoms with Gasteiger partial charge in [-0.3, -0.25) is 0 Å². The van der Waals surface area contributed by atoms with E-state index in [-0.39, 0.29) is 12.1 Å². The SMILES string of the molecule is CC(CC(O)CC(O)c1ccccc1)NCCNC(C)CC(O)CC(O)c1ccccc1. The third kappa shape index (κ3) is 10.2. The summed E-state index contributed by atoms with van der Waals surface area (Å²) in [7, 11) is 0. The normalized spacial score (nSPS) is 17.3. The van der Waals surface area contributed by atoms with Crippen molar-refractivity contribution in [1.29, 1.82) is 0 Å². The van der Waals surface area contributed by atoms with Gasteiger partial charge in [-0.1, -0.05) is 60.7 Å². The van der Waals surface area contributed by atoms with E-state index in [4.69, 9.17) is 0 Å².